The summed E-state index contributed by atoms with van der Waals surface area (Å²) in [5, 5.41) is 4.06. The maximum Gasteiger partial charge on any atom is 0.301 e. The molecule has 2 N–H and O–H groups in total. The van der Waals surface area contributed by atoms with Gasteiger partial charge >= 0.3 is 11.8 Å². The van der Waals surface area contributed by atoms with Crippen LogP contribution in [0, 0.1) is 0 Å². The van der Waals surface area contributed by atoms with Crippen molar-refractivity contribution in [3.05, 3.63) is 121 Å². The minimum Gasteiger partial charge on any atom is -0.366 e. The third-order valence-electron chi connectivity index (χ3n) is 4.93. The fourth-order valence-corrected chi connectivity index (χ4v) is 7.41. The van der Waals surface area contributed by atoms with Gasteiger partial charge in [-0.25, -0.2) is 0 Å². The summed E-state index contributed by atoms with van der Waals surface area (Å²) < 4.78 is 0. The lowest BCUT2D eigenvalue weighted by atomic mass is 10.4. The molecule has 0 unspecified atom stereocenters. The first-order chi connectivity index (χ1) is 15.7. The molecule has 0 aromatic heterocycles. The number of hydrogen-bond donors (Lipinski definition) is 2. The lowest BCUT2D eigenvalue weighted by molar-refractivity contribution is -0.137. The van der Waals surface area contributed by atoms with E-state index in [1.807, 2.05) is 121 Å². The van der Waals surface area contributed by atoms with Crippen LogP contribution in [-0.2, 0) is 9.59 Å². The Morgan fingerprint density at radius 3 is 0.844 bits per heavy atom. The van der Waals surface area contributed by atoms with Crippen molar-refractivity contribution in [1.29, 1.82) is 0 Å². The summed E-state index contributed by atoms with van der Waals surface area (Å²) in [4.78, 5) is 32.1. The summed E-state index contributed by atoms with van der Waals surface area (Å²) in [6.45, 7) is 0. The Kier molecular flexibility index (Phi) is 7.06. The molecule has 2 amide bonds. The molecule has 0 spiro atoms. The van der Waals surface area contributed by atoms with Gasteiger partial charge in [0, 0.05) is 0 Å². The van der Waals surface area contributed by atoms with E-state index in [1.165, 1.54) is 0 Å². The summed E-state index contributed by atoms with van der Waals surface area (Å²) in [5.41, 5.74) is 0. The third kappa shape index (κ3) is 5.29. The van der Waals surface area contributed by atoms with Gasteiger partial charge in [0.05, 0.1) is 0 Å². The van der Waals surface area contributed by atoms with E-state index in [0.717, 1.165) is 20.7 Å². The van der Waals surface area contributed by atoms with E-state index in [2.05, 4.69) is 9.96 Å². The van der Waals surface area contributed by atoms with E-state index in [0.29, 0.717) is 0 Å². The van der Waals surface area contributed by atoms with Crippen LogP contribution in [0.1, 0.15) is 0 Å². The zero-order valence-corrected chi connectivity index (χ0v) is 19.4. The molecule has 0 saturated heterocycles. The molecule has 4 nitrogen and oxygen atoms in total. The quantitative estimate of drug-likeness (QED) is 0.338. The van der Waals surface area contributed by atoms with Gasteiger partial charge in [0.1, 0.15) is 0 Å². The van der Waals surface area contributed by atoms with Crippen LogP contribution < -0.4 is 30.7 Å². The summed E-state index contributed by atoms with van der Waals surface area (Å²) in [5.74, 6) is -1.22. The molecule has 4 aromatic carbocycles. The molecule has 0 aliphatic heterocycles. The van der Waals surface area contributed by atoms with E-state index in [-0.39, 0.29) is 0 Å². The Balaban J connectivity index is 1.57. The second kappa shape index (κ2) is 10.5. The first-order valence-electron chi connectivity index (χ1n) is 10.3. The first kappa shape index (κ1) is 21.5. The van der Waals surface area contributed by atoms with Gasteiger partial charge in [0.2, 0.25) is 17.9 Å². The monoisotopic (exact) mass is 450 g/mol. The molecule has 0 aliphatic carbocycles. The maximum atomic E-state index is 13.0. The maximum absolute atomic E-state index is 13.0. The summed E-state index contributed by atoms with van der Waals surface area (Å²) in [7, 11) is -3.31. The minimum absolute atomic E-state index is 0.610. The number of carbonyl (C=O) groups is 2. The molecule has 4 rings (SSSR count). The second-order valence-corrected chi connectivity index (χ2v) is 11.4. The molecule has 0 aliphatic rings. The van der Waals surface area contributed by atoms with Gasteiger partial charge in [0.25, 0.3) is 0 Å². The molecule has 0 atom stereocenters. The van der Waals surface area contributed by atoms with Crippen molar-refractivity contribution >= 4 is 50.5 Å². The van der Waals surface area contributed by atoms with Gasteiger partial charge in [-0.15, -0.1) is 0 Å². The number of hydrogen-bond acceptors (Lipinski definition) is 2. The van der Waals surface area contributed by atoms with E-state index in [9.17, 15) is 9.59 Å². The highest BCUT2D eigenvalue weighted by Gasteiger charge is 2.27. The van der Waals surface area contributed by atoms with E-state index < -0.39 is 29.7 Å². The molecule has 6 heteroatoms. The van der Waals surface area contributed by atoms with Gasteiger partial charge < -0.3 is 9.96 Å². The second-order valence-electron chi connectivity index (χ2n) is 7.12. The molecule has 0 heterocycles. The van der Waals surface area contributed by atoms with Gasteiger partial charge in [0.15, 0.2) is 0 Å². The average Bonchev–Trinajstić information content (AvgIpc) is 2.87. The van der Waals surface area contributed by atoms with E-state index >= 15 is 0 Å². The summed E-state index contributed by atoms with van der Waals surface area (Å²) in [6, 6.07) is 39.2. The molecular formula is C26H22N2O2Si2. The highest BCUT2D eigenvalue weighted by molar-refractivity contribution is 6.88. The largest absolute Gasteiger partial charge is 0.366 e. The average molecular weight is 451 g/mol. The van der Waals surface area contributed by atoms with Crippen LogP contribution in [-0.4, -0.2) is 29.7 Å². The molecule has 0 bridgehead atoms. The lowest BCUT2D eigenvalue weighted by Crippen LogP contribution is -2.63. The van der Waals surface area contributed by atoms with Crippen LogP contribution in [0.15, 0.2) is 121 Å². The number of rotatable bonds is 6. The van der Waals surface area contributed by atoms with Crippen LogP contribution in [0.5, 0.6) is 0 Å². The first-order valence-corrected chi connectivity index (χ1v) is 13.3. The minimum atomic E-state index is -1.66. The Hall–Kier alpha value is -3.75. The standard InChI is InChI=1S/C26H22N2O2Si2/c29-25(27-31(21-13-5-1-6-14-21)22-15-7-2-8-16-22)26(30)28-32(23-17-9-3-10-18-23)24-19-11-4-12-20-24/h1-20H,(H,27,29)(H,28,30). The topological polar surface area (TPSA) is 58.2 Å². The number of amides is 2. The summed E-state index contributed by atoms with van der Waals surface area (Å²) >= 11 is 0. The fourth-order valence-electron chi connectivity index (χ4n) is 3.38. The van der Waals surface area contributed by atoms with E-state index in [4.69, 9.17) is 0 Å². The highest BCUT2D eigenvalue weighted by atomic mass is 28.3. The lowest BCUT2D eigenvalue weighted by Gasteiger charge is -2.19. The highest BCUT2D eigenvalue weighted by Crippen LogP contribution is 1.93. The van der Waals surface area contributed by atoms with Crippen LogP contribution in [0.4, 0.5) is 0 Å². The van der Waals surface area contributed by atoms with Gasteiger partial charge in [-0.2, -0.15) is 0 Å². The molecule has 4 aromatic rings. The van der Waals surface area contributed by atoms with Gasteiger partial charge in [-0.3, -0.25) is 9.59 Å². The van der Waals surface area contributed by atoms with Crippen LogP contribution in [0.2, 0.25) is 0 Å². The van der Waals surface area contributed by atoms with Crippen molar-refractivity contribution in [1.82, 2.24) is 9.96 Å². The van der Waals surface area contributed by atoms with Gasteiger partial charge in [-0.1, -0.05) is 121 Å². The van der Waals surface area contributed by atoms with Crippen LogP contribution >= 0.6 is 0 Å². The predicted octanol–water partition coefficient (Wildman–Crippen LogP) is 0.831. The van der Waals surface area contributed by atoms with Crippen molar-refractivity contribution in [3.63, 3.8) is 0 Å². The van der Waals surface area contributed by atoms with Crippen molar-refractivity contribution in [2.45, 2.75) is 0 Å². The van der Waals surface area contributed by atoms with E-state index in [1.54, 1.807) is 0 Å². The number of nitrogens with one attached hydrogen (secondary N) is 2. The van der Waals surface area contributed by atoms with Crippen LogP contribution in [0.25, 0.3) is 0 Å². The molecule has 0 saturated carbocycles. The van der Waals surface area contributed by atoms with Crippen LogP contribution in [0.3, 0.4) is 0 Å². The van der Waals surface area contributed by atoms with Crippen molar-refractivity contribution in [2.75, 3.05) is 0 Å². The van der Waals surface area contributed by atoms with Crippen molar-refractivity contribution in [3.8, 4) is 0 Å². The Morgan fingerprint density at radius 2 is 0.625 bits per heavy atom. The molecular weight excluding hydrogens is 428 g/mol. The SMILES string of the molecule is O=C(N[Si](c1ccccc1)c1ccccc1)C(=O)N[Si](c1ccccc1)c1ccccc1. The number of carbonyl (C=O) groups excluding carboxylic acids is 2. The predicted molar refractivity (Wildman–Crippen MR) is 132 cm³/mol. The van der Waals surface area contributed by atoms with Gasteiger partial charge in [-0.05, 0) is 20.7 Å². The molecule has 2 radical (unpaired) electrons. The smallest absolute Gasteiger partial charge is 0.301 e. The molecule has 156 valence electrons. The zero-order chi connectivity index (χ0) is 22.2. The zero-order valence-electron chi connectivity index (χ0n) is 17.4. The summed E-state index contributed by atoms with van der Waals surface area (Å²) in [6.07, 6.45) is 0. The number of benzene rings is 4. The Labute approximate surface area is 191 Å². The molecule has 0 fully saturated rings. The Morgan fingerprint density at radius 1 is 0.406 bits per heavy atom. The normalized spacial score (nSPS) is 10.7. The molecule has 32 heavy (non-hydrogen) atoms. The Bertz CT molecular complexity index is 984. The third-order valence-corrected chi connectivity index (χ3v) is 9.53. The van der Waals surface area contributed by atoms with Crippen molar-refractivity contribution in [2.24, 2.45) is 0 Å². The fraction of sp³-hybridized carbons (Fsp3) is 0. The van der Waals surface area contributed by atoms with Crippen molar-refractivity contribution < 1.29 is 9.59 Å².